The molecule has 1 fully saturated rings. The van der Waals surface area contributed by atoms with E-state index in [0.29, 0.717) is 43.1 Å². The molecule has 0 spiro atoms. The molecule has 3 aromatic rings. The molecule has 1 aliphatic rings. The molecule has 1 saturated heterocycles. The van der Waals surface area contributed by atoms with Gasteiger partial charge in [0.15, 0.2) is 0 Å². The van der Waals surface area contributed by atoms with Crippen molar-refractivity contribution in [2.75, 3.05) is 31.1 Å². The van der Waals surface area contributed by atoms with Crippen molar-refractivity contribution >= 4 is 17.5 Å². The highest BCUT2D eigenvalue weighted by Crippen LogP contribution is 2.18. The van der Waals surface area contributed by atoms with Gasteiger partial charge in [-0.15, -0.1) is 10.2 Å². The van der Waals surface area contributed by atoms with Crippen LogP contribution in [0.3, 0.4) is 0 Å². The van der Waals surface area contributed by atoms with E-state index in [9.17, 15) is 4.79 Å². The summed E-state index contributed by atoms with van der Waals surface area (Å²) in [4.78, 5) is 21.3. The SMILES string of the molecule is CCc1cc(N2CCN(C(=O)c3ccc(C#N)cc3)CC2)nc2nncn12. The van der Waals surface area contributed by atoms with Crippen molar-refractivity contribution in [3.8, 4) is 6.07 Å². The first-order chi connectivity index (χ1) is 13.2. The Morgan fingerprint density at radius 1 is 1.19 bits per heavy atom. The molecule has 4 rings (SSSR count). The maximum atomic E-state index is 12.7. The van der Waals surface area contributed by atoms with Crippen LogP contribution in [0.4, 0.5) is 5.82 Å². The molecule has 0 N–H and O–H groups in total. The molecule has 8 heteroatoms. The van der Waals surface area contributed by atoms with E-state index in [1.54, 1.807) is 30.6 Å². The van der Waals surface area contributed by atoms with Crippen LogP contribution in [0.25, 0.3) is 5.78 Å². The number of carbonyl (C=O) groups is 1. The van der Waals surface area contributed by atoms with Gasteiger partial charge in [0, 0.05) is 43.5 Å². The fourth-order valence-electron chi connectivity index (χ4n) is 3.30. The Kier molecular flexibility index (Phi) is 4.42. The van der Waals surface area contributed by atoms with Crippen molar-refractivity contribution in [2.45, 2.75) is 13.3 Å². The van der Waals surface area contributed by atoms with Gasteiger partial charge in [0.2, 0.25) is 0 Å². The van der Waals surface area contributed by atoms with E-state index < -0.39 is 0 Å². The van der Waals surface area contributed by atoms with Crippen molar-refractivity contribution in [1.29, 1.82) is 5.26 Å². The third-order valence-electron chi connectivity index (χ3n) is 4.86. The van der Waals surface area contributed by atoms with E-state index in [4.69, 9.17) is 5.26 Å². The highest BCUT2D eigenvalue weighted by molar-refractivity contribution is 5.94. The molecule has 1 aliphatic heterocycles. The van der Waals surface area contributed by atoms with E-state index in [0.717, 1.165) is 17.9 Å². The number of carbonyl (C=O) groups excluding carboxylic acids is 1. The number of rotatable bonds is 3. The van der Waals surface area contributed by atoms with Crippen molar-refractivity contribution in [2.24, 2.45) is 0 Å². The molecule has 0 atom stereocenters. The van der Waals surface area contributed by atoms with Crippen LogP contribution in [0.5, 0.6) is 0 Å². The van der Waals surface area contributed by atoms with Crippen LogP contribution in [0.15, 0.2) is 36.7 Å². The minimum absolute atomic E-state index is 0.00532. The average molecular weight is 361 g/mol. The molecular formula is C19H19N7O. The summed E-state index contributed by atoms with van der Waals surface area (Å²) >= 11 is 0. The number of nitrogens with zero attached hydrogens (tertiary/aromatic N) is 7. The number of aromatic nitrogens is 4. The number of benzene rings is 1. The maximum absolute atomic E-state index is 12.7. The fraction of sp³-hybridized carbons (Fsp3) is 0.316. The van der Waals surface area contributed by atoms with Gasteiger partial charge in [-0.1, -0.05) is 6.92 Å². The van der Waals surface area contributed by atoms with Gasteiger partial charge < -0.3 is 9.80 Å². The third-order valence-corrected chi connectivity index (χ3v) is 4.86. The van der Waals surface area contributed by atoms with Gasteiger partial charge >= 0.3 is 0 Å². The Morgan fingerprint density at radius 2 is 1.93 bits per heavy atom. The van der Waals surface area contributed by atoms with Crippen LogP contribution in [0, 0.1) is 11.3 Å². The lowest BCUT2D eigenvalue weighted by Crippen LogP contribution is -2.49. The highest BCUT2D eigenvalue weighted by atomic mass is 16.2. The second-order valence-electron chi connectivity index (χ2n) is 6.43. The quantitative estimate of drug-likeness (QED) is 0.702. The zero-order valence-electron chi connectivity index (χ0n) is 15.0. The highest BCUT2D eigenvalue weighted by Gasteiger charge is 2.23. The molecule has 8 nitrogen and oxygen atoms in total. The third kappa shape index (κ3) is 3.19. The molecule has 1 aromatic carbocycles. The average Bonchev–Trinajstić information content (AvgIpc) is 3.21. The van der Waals surface area contributed by atoms with Crippen molar-refractivity contribution < 1.29 is 4.79 Å². The number of piperazine rings is 1. The summed E-state index contributed by atoms with van der Waals surface area (Å²) in [6.07, 6.45) is 2.54. The molecule has 0 bridgehead atoms. The van der Waals surface area contributed by atoms with Gasteiger partial charge in [-0.3, -0.25) is 9.20 Å². The lowest BCUT2D eigenvalue weighted by molar-refractivity contribution is 0.0746. The zero-order chi connectivity index (χ0) is 18.8. The van der Waals surface area contributed by atoms with Crippen LogP contribution in [-0.4, -0.2) is 56.6 Å². The molecule has 1 amide bonds. The first-order valence-corrected chi connectivity index (χ1v) is 8.93. The number of amides is 1. The van der Waals surface area contributed by atoms with Crippen LogP contribution < -0.4 is 4.90 Å². The number of hydrogen-bond acceptors (Lipinski definition) is 6. The monoisotopic (exact) mass is 361 g/mol. The molecule has 27 heavy (non-hydrogen) atoms. The minimum atomic E-state index is -0.00532. The number of aryl methyl sites for hydroxylation is 1. The van der Waals surface area contributed by atoms with Crippen LogP contribution in [0.2, 0.25) is 0 Å². The van der Waals surface area contributed by atoms with E-state index in [2.05, 4.69) is 39.1 Å². The summed E-state index contributed by atoms with van der Waals surface area (Å²) in [5.74, 6) is 1.47. The summed E-state index contributed by atoms with van der Waals surface area (Å²) in [5.41, 5.74) is 2.27. The first-order valence-electron chi connectivity index (χ1n) is 8.93. The predicted molar refractivity (Wildman–Crippen MR) is 99.4 cm³/mol. The summed E-state index contributed by atoms with van der Waals surface area (Å²) in [6, 6.07) is 10.9. The predicted octanol–water partition coefficient (Wildman–Crippen LogP) is 1.52. The van der Waals surface area contributed by atoms with E-state index in [1.165, 1.54) is 0 Å². The molecule has 3 heterocycles. The van der Waals surface area contributed by atoms with Gasteiger partial charge in [0.05, 0.1) is 11.6 Å². The minimum Gasteiger partial charge on any atom is -0.353 e. The Morgan fingerprint density at radius 3 is 2.59 bits per heavy atom. The number of fused-ring (bicyclic) bond motifs is 1. The van der Waals surface area contributed by atoms with Gasteiger partial charge in [0.1, 0.15) is 12.1 Å². The second-order valence-corrected chi connectivity index (χ2v) is 6.43. The summed E-state index contributed by atoms with van der Waals surface area (Å²) < 4.78 is 1.90. The van der Waals surface area contributed by atoms with Gasteiger partial charge in [-0.25, -0.2) is 0 Å². The fourth-order valence-corrected chi connectivity index (χ4v) is 3.30. The van der Waals surface area contributed by atoms with Crippen molar-refractivity contribution in [1.82, 2.24) is 24.5 Å². The summed E-state index contributed by atoms with van der Waals surface area (Å²) in [5, 5.41) is 16.9. The van der Waals surface area contributed by atoms with E-state index >= 15 is 0 Å². The molecule has 0 aliphatic carbocycles. The Hall–Kier alpha value is -3.47. The summed E-state index contributed by atoms with van der Waals surface area (Å²) in [6.45, 7) is 4.76. The molecule has 0 saturated carbocycles. The lowest BCUT2D eigenvalue weighted by Gasteiger charge is -2.35. The van der Waals surface area contributed by atoms with Gasteiger partial charge in [-0.2, -0.15) is 10.2 Å². The molecule has 2 aromatic heterocycles. The largest absolute Gasteiger partial charge is 0.353 e. The smallest absolute Gasteiger partial charge is 0.256 e. The normalized spacial score (nSPS) is 14.4. The molecular weight excluding hydrogens is 342 g/mol. The van der Waals surface area contributed by atoms with Crippen LogP contribution in [-0.2, 0) is 6.42 Å². The number of nitriles is 1. The molecule has 0 unspecified atom stereocenters. The van der Waals surface area contributed by atoms with Gasteiger partial charge in [0.25, 0.3) is 11.7 Å². The number of anilines is 1. The number of hydrogen-bond donors (Lipinski definition) is 0. The standard InChI is InChI=1S/C19H19N7O/c1-2-16-11-17(22-19-23-21-13-26(16)19)24-7-9-25(10-8-24)18(27)15-5-3-14(12-20)4-6-15/h3-6,11,13H,2,7-10H2,1H3. The lowest BCUT2D eigenvalue weighted by atomic mass is 10.1. The van der Waals surface area contributed by atoms with Crippen LogP contribution >= 0.6 is 0 Å². The Bertz CT molecular complexity index is 1010. The Labute approximate surface area is 156 Å². The first kappa shape index (κ1) is 17.0. The zero-order valence-corrected chi connectivity index (χ0v) is 15.0. The topological polar surface area (TPSA) is 90.4 Å². The van der Waals surface area contributed by atoms with Crippen molar-refractivity contribution in [3.05, 3.63) is 53.5 Å². The second kappa shape index (κ2) is 7.03. The van der Waals surface area contributed by atoms with Gasteiger partial charge in [-0.05, 0) is 30.7 Å². The van der Waals surface area contributed by atoms with E-state index in [1.807, 2.05) is 9.30 Å². The molecule has 136 valence electrons. The summed E-state index contributed by atoms with van der Waals surface area (Å²) in [7, 11) is 0. The van der Waals surface area contributed by atoms with Crippen molar-refractivity contribution in [3.63, 3.8) is 0 Å². The van der Waals surface area contributed by atoms with Crippen LogP contribution in [0.1, 0.15) is 28.5 Å². The Balaban J connectivity index is 1.47. The maximum Gasteiger partial charge on any atom is 0.256 e. The van der Waals surface area contributed by atoms with E-state index in [-0.39, 0.29) is 5.91 Å². The molecule has 0 radical (unpaired) electrons.